The third-order valence-electron chi connectivity index (χ3n) is 2.74. The van der Waals surface area contributed by atoms with Crippen molar-refractivity contribution in [2.75, 3.05) is 26.7 Å². The summed E-state index contributed by atoms with van der Waals surface area (Å²) in [6, 6.07) is 2.19. The van der Waals surface area contributed by atoms with Gasteiger partial charge in [-0.25, -0.2) is 0 Å². The molecule has 1 saturated heterocycles. The molecular weight excluding hydrogens is 162 g/mol. The van der Waals surface area contributed by atoms with E-state index in [1.54, 1.807) is 0 Å². The maximum Gasteiger partial charge on any atom is 0.0924 e. The summed E-state index contributed by atoms with van der Waals surface area (Å²) in [5, 5.41) is 11.8. The molecule has 0 bridgehead atoms. The molecule has 1 fully saturated rings. The first-order valence-electron chi connectivity index (χ1n) is 5.04. The second-order valence-electron chi connectivity index (χ2n) is 4.01. The fraction of sp³-hybridized carbons (Fsp3) is 0.900. The topological polar surface area (TPSA) is 39.1 Å². The van der Waals surface area contributed by atoms with Crippen molar-refractivity contribution in [3.63, 3.8) is 0 Å². The van der Waals surface area contributed by atoms with Crippen LogP contribution in [-0.4, -0.2) is 37.6 Å². The van der Waals surface area contributed by atoms with Crippen molar-refractivity contribution >= 4 is 0 Å². The quantitative estimate of drug-likeness (QED) is 0.701. The average molecular weight is 181 g/mol. The second kappa shape index (κ2) is 5.21. The van der Waals surface area contributed by atoms with E-state index >= 15 is 0 Å². The van der Waals surface area contributed by atoms with E-state index in [0.29, 0.717) is 0 Å². The summed E-state index contributed by atoms with van der Waals surface area (Å²) in [6.07, 6.45) is 2.53. The molecule has 0 aromatic carbocycles. The van der Waals surface area contributed by atoms with Gasteiger partial charge in [-0.05, 0) is 52.4 Å². The molecule has 0 aromatic rings. The van der Waals surface area contributed by atoms with Gasteiger partial charge in [0.05, 0.1) is 12.1 Å². The molecule has 0 saturated carbocycles. The van der Waals surface area contributed by atoms with E-state index < -0.39 is 0 Å². The predicted octanol–water partition coefficient (Wildman–Crippen LogP) is 0.830. The fourth-order valence-electron chi connectivity index (χ4n) is 1.66. The predicted molar refractivity (Wildman–Crippen MR) is 53.3 cm³/mol. The molecule has 1 unspecified atom stereocenters. The van der Waals surface area contributed by atoms with E-state index in [4.69, 9.17) is 5.26 Å². The maximum absolute atomic E-state index is 8.59. The number of hydrogen-bond donors (Lipinski definition) is 1. The summed E-state index contributed by atoms with van der Waals surface area (Å²) in [5.74, 6) is 0.770. The van der Waals surface area contributed by atoms with Gasteiger partial charge in [-0.2, -0.15) is 5.26 Å². The maximum atomic E-state index is 8.59. The first-order chi connectivity index (χ1) is 6.22. The van der Waals surface area contributed by atoms with Crippen molar-refractivity contribution in [2.24, 2.45) is 5.92 Å². The van der Waals surface area contributed by atoms with Crippen LogP contribution in [0, 0.1) is 17.2 Å². The number of rotatable bonds is 3. The fourth-order valence-corrected chi connectivity index (χ4v) is 1.66. The van der Waals surface area contributed by atoms with Crippen LogP contribution >= 0.6 is 0 Å². The summed E-state index contributed by atoms with van der Waals surface area (Å²) in [5.41, 5.74) is 0. The van der Waals surface area contributed by atoms with E-state index in [0.717, 1.165) is 12.5 Å². The van der Waals surface area contributed by atoms with Crippen molar-refractivity contribution in [1.29, 1.82) is 5.26 Å². The van der Waals surface area contributed by atoms with Crippen LogP contribution in [0.2, 0.25) is 0 Å². The van der Waals surface area contributed by atoms with Crippen molar-refractivity contribution in [3.05, 3.63) is 0 Å². The summed E-state index contributed by atoms with van der Waals surface area (Å²) >= 11 is 0. The molecule has 74 valence electrons. The highest BCUT2D eigenvalue weighted by Crippen LogP contribution is 2.14. The first kappa shape index (κ1) is 10.5. The number of nitriles is 1. The Morgan fingerprint density at radius 1 is 1.54 bits per heavy atom. The molecule has 1 N–H and O–H groups in total. The lowest BCUT2D eigenvalue weighted by Crippen LogP contribution is -2.37. The van der Waals surface area contributed by atoms with E-state index in [1.165, 1.54) is 25.9 Å². The lowest BCUT2D eigenvalue weighted by atomic mass is 9.97. The molecule has 0 aromatic heterocycles. The summed E-state index contributed by atoms with van der Waals surface area (Å²) in [6.45, 7) is 5.32. The molecule has 0 radical (unpaired) electrons. The third-order valence-corrected chi connectivity index (χ3v) is 2.74. The number of likely N-dealkylation sites (tertiary alicyclic amines) is 1. The van der Waals surface area contributed by atoms with Crippen LogP contribution in [0.4, 0.5) is 0 Å². The SMILES string of the molecule is CC(C#N)NCC1CCN(C)CC1. The molecule has 0 spiro atoms. The van der Waals surface area contributed by atoms with Gasteiger partial charge in [-0.1, -0.05) is 0 Å². The molecule has 1 heterocycles. The summed E-state index contributed by atoms with van der Waals surface area (Å²) in [4.78, 5) is 2.37. The Bertz CT molecular complexity index is 177. The van der Waals surface area contributed by atoms with Crippen molar-refractivity contribution in [3.8, 4) is 6.07 Å². The van der Waals surface area contributed by atoms with Crippen LogP contribution in [0.3, 0.4) is 0 Å². The van der Waals surface area contributed by atoms with Gasteiger partial charge in [0.25, 0.3) is 0 Å². The second-order valence-corrected chi connectivity index (χ2v) is 4.01. The highest BCUT2D eigenvalue weighted by atomic mass is 15.1. The van der Waals surface area contributed by atoms with Crippen molar-refractivity contribution in [2.45, 2.75) is 25.8 Å². The average Bonchev–Trinajstić information content (AvgIpc) is 2.16. The van der Waals surface area contributed by atoms with E-state index in [-0.39, 0.29) is 6.04 Å². The number of nitrogens with zero attached hydrogens (tertiary/aromatic N) is 2. The minimum Gasteiger partial charge on any atom is -0.306 e. The van der Waals surface area contributed by atoms with Gasteiger partial charge < -0.3 is 10.2 Å². The van der Waals surface area contributed by atoms with Crippen LogP contribution < -0.4 is 5.32 Å². The monoisotopic (exact) mass is 181 g/mol. The molecule has 3 nitrogen and oxygen atoms in total. The lowest BCUT2D eigenvalue weighted by molar-refractivity contribution is 0.215. The Kier molecular flexibility index (Phi) is 4.20. The highest BCUT2D eigenvalue weighted by molar-refractivity contribution is 4.86. The number of nitrogens with one attached hydrogen (secondary N) is 1. The van der Waals surface area contributed by atoms with E-state index in [9.17, 15) is 0 Å². The summed E-state index contributed by atoms with van der Waals surface area (Å²) < 4.78 is 0. The zero-order chi connectivity index (χ0) is 9.68. The Labute approximate surface area is 80.7 Å². The Morgan fingerprint density at radius 2 is 2.15 bits per heavy atom. The Hall–Kier alpha value is -0.590. The van der Waals surface area contributed by atoms with Crippen LogP contribution in [0.15, 0.2) is 0 Å². The Balaban J connectivity index is 2.13. The zero-order valence-electron chi connectivity index (χ0n) is 8.58. The van der Waals surface area contributed by atoms with Gasteiger partial charge in [-0.3, -0.25) is 0 Å². The van der Waals surface area contributed by atoms with Gasteiger partial charge in [-0.15, -0.1) is 0 Å². The largest absolute Gasteiger partial charge is 0.306 e. The standard InChI is InChI=1S/C10H19N3/c1-9(7-11)12-8-10-3-5-13(2)6-4-10/h9-10,12H,3-6,8H2,1-2H3. The van der Waals surface area contributed by atoms with E-state index in [2.05, 4.69) is 23.3 Å². The molecule has 1 aliphatic rings. The highest BCUT2D eigenvalue weighted by Gasteiger charge is 2.16. The van der Waals surface area contributed by atoms with Gasteiger partial charge in [0.15, 0.2) is 0 Å². The minimum atomic E-state index is -0.000318. The Morgan fingerprint density at radius 3 is 2.69 bits per heavy atom. The molecule has 3 heteroatoms. The van der Waals surface area contributed by atoms with Gasteiger partial charge in [0, 0.05) is 0 Å². The van der Waals surface area contributed by atoms with Crippen LogP contribution in [-0.2, 0) is 0 Å². The molecule has 1 rings (SSSR count). The molecule has 0 amide bonds. The molecule has 1 atom stereocenters. The lowest BCUT2D eigenvalue weighted by Gasteiger charge is -2.29. The number of hydrogen-bond acceptors (Lipinski definition) is 3. The first-order valence-corrected chi connectivity index (χ1v) is 5.04. The molecule has 0 aliphatic carbocycles. The zero-order valence-corrected chi connectivity index (χ0v) is 8.58. The summed E-state index contributed by atoms with van der Waals surface area (Å²) in [7, 11) is 2.17. The van der Waals surface area contributed by atoms with Crippen molar-refractivity contribution < 1.29 is 0 Å². The normalized spacial score (nSPS) is 22.5. The molecule has 1 aliphatic heterocycles. The van der Waals surface area contributed by atoms with Gasteiger partial charge in [0.1, 0.15) is 0 Å². The van der Waals surface area contributed by atoms with E-state index in [1.807, 2.05) is 6.92 Å². The van der Waals surface area contributed by atoms with Gasteiger partial charge >= 0.3 is 0 Å². The smallest absolute Gasteiger partial charge is 0.0924 e. The third kappa shape index (κ3) is 3.75. The van der Waals surface area contributed by atoms with Crippen molar-refractivity contribution in [1.82, 2.24) is 10.2 Å². The van der Waals surface area contributed by atoms with Crippen LogP contribution in [0.5, 0.6) is 0 Å². The van der Waals surface area contributed by atoms with Gasteiger partial charge in [0.2, 0.25) is 0 Å². The van der Waals surface area contributed by atoms with Crippen LogP contribution in [0.1, 0.15) is 19.8 Å². The minimum absolute atomic E-state index is 0.000318. The number of piperidine rings is 1. The molecular formula is C10H19N3. The molecule has 13 heavy (non-hydrogen) atoms. The van der Waals surface area contributed by atoms with Crippen LogP contribution in [0.25, 0.3) is 0 Å².